The molecule has 0 radical (unpaired) electrons. The number of unbranched alkanes of at least 4 members (excludes halogenated alkanes) is 6. The van der Waals surface area contributed by atoms with Gasteiger partial charge < -0.3 is 45.4 Å². The maximum Gasteiger partial charge on any atom is 0.246 e. The molecule has 10 rings (SSSR count). The number of methoxy groups -OCH3 is 1. The molecular weight excluding hydrogens is 1180 g/mol. The molecule has 21 heteroatoms. The van der Waals surface area contributed by atoms with Gasteiger partial charge >= 0.3 is 0 Å². The van der Waals surface area contributed by atoms with E-state index in [-0.39, 0.29) is 84.9 Å². The van der Waals surface area contributed by atoms with Gasteiger partial charge in [-0.25, -0.2) is 22.2 Å². The van der Waals surface area contributed by atoms with Crippen LogP contribution in [0, 0.1) is 17.6 Å². The molecule has 4 fully saturated rings. The molecule has 4 heterocycles. The van der Waals surface area contributed by atoms with Crippen LogP contribution in [0.3, 0.4) is 0 Å². The molecule has 0 bridgehead atoms. The number of fused-ring (bicyclic) bond motifs is 2. The molecular formula is C70H94F2N10O8S. The number of aromatic nitrogens is 2. The average Bonchev–Trinajstić information content (AvgIpc) is 1.88. The number of halogens is 2. The molecule has 5 unspecified atom stereocenters. The highest BCUT2D eigenvalue weighted by Gasteiger charge is 2.45. The second-order valence-corrected chi connectivity index (χ2v) is 28.1. The lowest BCUT2D eigenvalue weighted by molar-refractivity contribution is -0.143. The van der Waals surface area contributed by atoms with Crippen molar-refractivity contribution in [3.63, 3.8) is 0 Å². The van der Waals surface area contributed by atoms with Crippen LogP contribution in [0.5, 0.6) is 11.5 Å². The quantitative estimate of drug-likeness (QED) is 0.0345. The Labute approximate surface area is 536 Å². The zero-order valence-electron chi connectivity index (χ0n) is 53.5. The Balaban J connectivity index is 0.610. The molecule has 492 valence electrons. The summed E-state index contributed by atoms with van der Waals surface area (Å²) in [5, 5.41) is 12.6. The van der Waals surface area contributed by atoms with Crippen LogP contribution in [-0.4, -0.2) is 177 Å². The van der Waals surface area contributed by atoms with Crippen molar-refractivity contribution in [3.05, 3.63) is 107 Å². The molecule has 1 aromatic heterocycles. The van der Waals surface area contributed by atoms with Gasteiger partial charge in [-0.3, -0.25) is 29.1 Å². The number of para-hydroxylation sites is 1. The lowest BCUT2D eigenvalue weighted by Crippen LogP contribution is -2.58. The molecule has 3 saturated heterocycles. The molecule has 5 aliphatic rings. The lowest BCUT2D eigenvalue weighted by Gasteiger charge is -2.35. The molecule has 5 atom stereocenters. The first-order chi connectivity index (χ1) is 44.1. The van der Waals surface area contributed by atoms with E-state index in [0.29, 0.717) is 58.8 Å². The van der Waals surface area contributed by atoms with E-state index in [2.05, 4.69) is 48.2 Å². The Morgan fingerprint density at radius 3 is 2.16 bits per heavy atom. The highest BCUT2D eigenvalue weighted by atomic mass is 32.2. The van der Waals surface area contributed by atoms with E-state index in [0.717, 1.165) is 134 Å². The number of amides is 4. The summed E-state index contributed by atoms with van der Waals surface area (Å²) in [6.07, 6.45) is 18.2. The smallest absolute Gasteiger partial charge is 0.246 e. The van der Waals surface area contributed by atoms with Crippen molar-refractivity contribution < 1.29 is 45.9 Å². The number of sulfone groups is 1. The molecule has 5 aromatic rings. The number of carbonyl (C=O) groups is 4. The number of rotatable bonds is 28. The molecule has 4 amide bonds. The van der Waals surface area contributed by atoms with E-state index in [1.807, 2.05) is 30.3 Å². The Morgan fingerprint density at radius 2 is 1.44 bits per heavy atom. The average molecular weight is 1270 g/mol. The fraction of sp³-hybridized carbons (Fsp3) is 0.571. The second-order valence-electron chi connectivity index (χ2n) is 25.8. The zero-order chi connectivity index (χ0) is 63.9. The summed E-state index contributed by atoms with van der Waals surface area (Å²) in [5.41, 5.74) is 5.48. The number of nitrogens with zero attached hydrogens (tertiary/aromatic N) is 6. The molecule has 4 aromatic carbocycles. The predicted octanol–water partition coefficient (Wildman–Crippen LogP) is 8.94. The molecule has 1 saturated carbocycles. The summed E-state index contributed by atoms with van der Waals surface area (Å²) < 4.78 is 67.0. The number of likely N-dealkylation sites (N-methyl/N-ethyl adjacent to an activating group) is 1. The topological polar surface area (TPSA) is 208 Å². The molecule has 91 heavy (non-hydrogen) atoms. The van der Waals surface area contributed by atoms with Crippen molar-refractivity contribution in [2.24, 2.45) is 5.92 Å². The Kier molecular flexibility index (Phi) is 23.8. The third-order valence-electron chi connectivity index (χ3n) is 19.5. The van der Waals surface area contributed by atoms with Gasteiger partial charge in [-0.1, -0.05) is 87.8 Å². The summed E-state index contributed by atoms with van der Waals surface area (Å²) in [6.45, 7) is 9.12. The van der Waals surface area contributed by atoms with E-state index >= 15 is 8.78 Å². The van der Waals surface area contributed by atoms with Crippen molar-refractivity contribution in [2.45, 2.75) is 159 Å². The number of carbonyl (C=O) groups excluding carboxylic acids is 4. The Morgan fingerprint density at radius 1 is 0.736 bits per heavy atom. The SMILES string of the molecule is CNC(C)C(=O)NC(C(=O)N1CC(NC(=O)CCCCCCCCCN2CCN(CCCOc3ccc(-c4cnc5cccc(-c6cc(F)c(CN7CCS(=O)(=O)CC7)c(F)c6)c5n4)cc3OC)CC2)CC1C(=O)NC1CCCc2ccccc21)C1CCCCC1. The van der Waals surface area contributed by atoms with Gasteiger partial charge in [0.25, 0.3) is 0 Å². The van der Waals surface area contributed by atoms with Gasteiger partial charge in [-0.05, 0) is 137 Å². The van der Waals surface area contributed by atoms with Gasteiger partial charge in [-0.15, -0.1) is 0 Å². The number of piperazine rings is 1. The fourth-order valence-electron chi connectivity index (χ4n) is 13.9. The summed E-state index contributed by atoms with van der Waals surface area (Å²) in [4.78, 5) is 73.9. The maximum atomic E-state index is 15.6. The maximum absolute atomic E-state index is 15.6. The largest absolute Gasteiger partial charge is 0.493 e. The van der Waals surface area contributed by atoms with Crippen LogP contribution in [-0.2, 0) is 42.0 Å². The summed E-state index contributed by atoms with van der Waals surface area (Å²) in [7, 11) is 0.197. The Bertz CT molecular complexity index is 3380. The van der Waals surface area contributed by atoms with Crippen molar-refractivity contribution in [1.29, 1.82) is 0 Å². The minimum Gasteiger partial charge on any atom is -0.493 e. The number of benzene rings is 4. The van der Waals surface area contributed by atoms with E-state index in [1.165, 1.54) is 37.0 Å². The van der Waals surface area contributed by atoms with Gasteiger partial charge in [0, 0.05) is 88.1 Å². The van der Waals surface area contributed by atoms with Crippen LogP contribution in [0.4, 0.5) is 8.78 Å². The number of hydrogen-bond acceptors (Lipinski definition) is 14. The normalized spacial score (nSPS) is 20.6. The van der Waals surface area contributed by atoms with Gasteiger partial charge in [0.15, 0.2) is 21.3 Å². The van der Waals surface area contributed by atoms with Crippen LogP contribution in [0.25, 0.3) is 33.4 Å². The summed E-state index contributed by atoms with van der Waals surface area (Å²) >= 11 is 0. The number of nitrogens with one attached hydrogen (secondary N) is 4. The molecule has 18 nitrogen and oxygen atoms in total. The van der Waals surface area contributed by atoms with E-state index < -0.39 is 39.6 Å². The zero-order valence-corrected chi connectivity index (χ0v) is 54.3. The third-order valence-corrected chi connectivity index (χ3v) is 21.1. The number of aryl methyl sites for hydroxylation is 1. The molecule has 4 N–H and O–H groups in total. The van der Waals surface area contributed by atoms with Crippen LogP contribution < -0.4 is 30.7 Å². The van der Waals surface area contributed by atoms with Crippen molar-refractivity contribution in [1.82, 2.24) is 50.8 Å². The van der Waals surface area contributed by atoms with E-state index in [9.17, 15) is 27.6 Å². The van der Waals surface area contributed by atoms with Crippen molar-refractivity contribution in [2.75, 3.05) is 91.2 Å². The summed E-state index contributed by atoms with van der Waals surface area (Å²) in [6, 6.07) is 19.3. The first-order valence-electron chi connectivity index (χ1n) is 33.5. The summed E-state index contributed by atoms with van der Waals surface area (Å²) in [5.74, 6) is -1.05. The second kappa shape index (κ2) is 32.3. The number of likely N-dealkylation sites (tertiary alicyclic amines) is 1. The van der Waals surface area contributed by atoms with Gasteiger partial charge in [0.1, 0.15) is 23.7 Å². The van der Waals surface area contributed by atoms with Crippen LogP contribution in [0.15, 0.2) is 79.0 Å². The fourth-order valence-corrected chi connectivity index (χ4v) is 15.2. The van der Waals surface area contributed by atoms with E-state index in [1.54, 1.807) is 55.3 Å². The lowest BCUT2D eigenvalue weighted by atomic mass is 9.83. The van der Waals surface area contributed by atoms with Gasteiger partial charge in [0.2, 0.25) is 23.6 Å². The van der Waals surface area contributed by atoms with Gasteiger partial charge in [0.05, 0.1) is 60.2 Å². The number of ether oxygens (including phenoxy) is 2. The highest BCUT2D eigenvalue weighted by Crippen LogP contribution is 2.37. The van der Waals surface area contributed by atoms with Crippen LogP contribution in [0.2, 0.25) is 0 Å². The Hall–Kier alpha value is -6.65. The monoisotopic (exact) mass is 1270 g/mol. The number of hydrogen-bond donors (Lipinski definition) is 4. The van der Waals surface area contributed by atoms with Crippen molar-refractivity contribution in [3.8, 4) is 33.9 Å². The first kappa shape index (κ1) is 67.2. The van der Waals surface area contributed by atoms with Gasteiger partial charge in [-0.2, -0.15) is 0 Å². The standard InChI is InChI=1S/C70H94F2N10O8S/c1-48(73-2)68(84)78-66(50-20-10-9-11-21-50)70(86)82-46-53(44-62(82)69(85)77-59-25-16-22-49-19-13-14-23-54(49)59)75-65(83)27-12-7-5-4-6-8-15-30-79-32-34-80(35-33-79)31-18-38-90-63-29-28-51(43-64(63)89-3)61-45-74-60-26-17-24-55(67(60)76-61)52-41-57(71)56(58(72)42-52)47-81-36-39-91(87,88)40-37-81/h13-14,17,19,23-24,26,28-29,41-43,45,48,50,53,59,62,66,73H,4-12,15-16,18,20-22,25,27,30-40,44,46-47H2,1-3H3,(H,75,83)(H,77,85)(H,78,84). The minimum absolute atomic E-state index is 0.0163. The third kappa shape index (κ3) is 17.9. The minimum atomic E-state index is -3.12. The van der Waals surface area contributed by atoms with E-state index in [4.69, 9.17) is 14.5 Å². The van der Waals surface area contributed by atoms with Crippen LogP contribution >= 0.6 is 0 Å². The first-order valence-corrected chi connectivity index (χ1v) is 35.3. The predicted molar refractivity (Wildman–Crippen MR) is 350 cm³/mol. The van der Waals surface area contributed by atoms with Crippen molar-refractivity contribution >= 4 is 44.5 Å². The molecule has 2 aliphatic carbocycles. The molecule has 3 aliphatic heterocycles. The highest BCUT2D eigenvalue weighted by molar-refractivity contribution is 7.91. The van der Waals surface area contributed by atoms with Crippen LogP contribution in [0.1, 0.15) is 139 Å². The molecule has 0 spiro atoms.